The summed E-state index contributed by atoms with van der Waals surface area (Å²) in [6.07, 6.45) is 0.321. The fourth-order valence-corrected chi connectivity index (χ4v) is 1.84. The fraction of sp³-hybridized carbons (Fsp3) is 0.727. The van der Waals surface area contributed by atoms with E-state index in [2.05, 4.69) is 0 Å². The minimum absolute atomic E-state index is 0.0201. The highest BCUT2D eigenvalue weighted by Crippen LogP contribution is 2.05. The lowest BCUT2D eigenvalue weighted by Gasteiger charge is -2.35. The predicted octanol–water partition coefficient (Wildman–Crippen LogP) is -0.346. The summed E-state index contributed by atoms with van der Waals surface area (Å²) in [5, 5.41) is 17.1. The molecule has 0 saturated carbocycles. The first-order chi connectivity index (χ1) is 8.54. The van der Waals surface area contributed by atoms with Crippen LogP contribution in [-0.4, -0.2) is 78.1 Å². The number of hydrogen-bond donors (Lipinski definition) is 1. The minimum Gasteiger partial charge on any atom is -0.480 e. The van der Waals surface area contributed by atoms with E-state index in [-0.39, 0.29) is 12.6 Å². The van der Waals surface area contributed by atoms with Crippen molar-refractivity contribution in [3.05, 3.63) is 0 Å². The summed E-state index contributed by atoms with van der Waals surface area (Å²) >= 11 is 0. The zero-order valence-corrected chi connectivity index (χ0v) is 10.5. The van der Waals surface area contributed by atoms with E-state index in [1.54, 1.807) is 16.8 Å². The number of carboxylic acids is 1. The van der Waals surface area contributed by atoms with Gasteiger partial charge in [0.25, 0.3) is 0 Å². The molecule has 1 N–H and O–H groups in total. The number of piperazine rings is 1. The van der Waals surface area contributed by atoms with Crippen molar-refractivity contribution in [2.24, 2.45) is 0 Å². The average molecular weight is 254 g/mol. The number of rotatable bonds is 4. The van der Waals surface area contributed by atoms with Crippen LogP contribution in [0.4, 0.5) is 4.79 Å². The van der Waals surface area contributed by atoms with Crippen molar-refractivity contribution in [1.82, 2.24) is 14.7 Å². The van der Waals surface area contributed by atoms with Crippen LogP contribution in [0.3, 0.4) is 0 Å². The predicted molar refractivity (Wildman–Crippen MR) is 63.9 cm³/mol. The Bertz CT molecular complexity index is 345. The zero-order valence-electron chi connectivity index (χ0n) is 10.5. The van der Waals surface area contributed by atoms with E-state index in [0.717, 1.165) is 0 Å². The first-order valence-corrected chi connectivity index (χ1v) is 5.85. The number of aliphatic carboxylic acids is 1. The largest absolute Gasteiger partial charge is 0.480 e. The minimum atomic E-state index is -0.846. The summed E-state index contributed by atoms with van der Waals surface area (Å²) in [5.74, 6) is -0.846. The Labute approximate surface area is 106 Å². The SMILES string of the molecule is CN(CCC#N)C(=O)N1CCN(CC(=O)O)CC1. The van der Waals surface area contributed by atoms with Crippen molar-refractivity contribution in [2.75, 3.05) is 46.3 Å². The van der Waals surface area contributed by atoms with Gasteiger partial charge in [-0.2, -0.15) is 5.26 Å². The maximum atomic E-state index is 11.9. The molecule has 0 aromatic carbocycles. The van der Waals surface area contributed by atoms with Gasteiger partial charge in [0, 0.05) is 39.8 Å². The lowest BCUT2D eigenvalue weighted by Crippen LogP contribution is -2.53. The van der Waals surface area contributed by atoms with Crippen molar-refractivity contribution in [3.8, 4) is 6.07 Å². The Morgan fingerprint density at radius 1 is 1.33 bits per heavy atom. The second-order valence-electron chi connectivity index (χ2n) is 4.27. The number of carbonyl (C=O) groups excluding carboxylic acids is 1. The molecular formula is C11H18N4O3. The lowest BCUT2D eigenvalue weighted by molar-refractivity contribution is -0.138. The summed E-state index contributed by atoms with van der Waals surface area (Å²) in [4.78, 5) is 27.5. The van der Waals surface area contributed by atoms with Gasteiger partial charge in [-0.05, 0) is 0 Å². The molecule has 0 atom stereocenters. The molecule has 100 valence electrons. The second kappa shape index (κ2) is 6.81. The zero-order chi connectivity index (χ0) is 13.5. The number of hydrogen-bond acceptors (Lipinski definition) is 4. The van der Waals surface area contributed by atoms with Gasteiger partial charge in [-0.15, -0.1) is 0 Å². The quantitative estimate of drug-likeness (QED) is 0.741. The van der Waals surface area contributed by atoms with Crippen LogP contribution < -0.4 is 0 Å². The smallest absolute Gasteiger partial charge is 0.319 e. The maximum Gasteiger partial charge on any atom is 0.319 e. The van der Waals surface area contributed by atoms with Crippen molar-refractivity contribution < 1.29 is 14.7 Å². The molecule has 1 heterocycles. The van der Waals surface area contributed by atoms with Gasteiger partial charge in [-0.25, -0.2) is 4.79 Å². The summed E-state index contributed by atoms with van der Waals surface area (Å²) < 4.78 is 0. The van der Waals surface area contributed by atoms with Gasteiger partial charge in [0.15, 0.2) is 0 Å². The molecule has 1 rings (SSSR count). The highest BCUT2D eigenvalue weighted by atomic mass is 16.4. The van der Waals surface area contributed by atoms with Crippen LogP contribution in [-0.2, 0) is 4.79 Å². The van der Waals surface area contributed by atoms with Crippen LogP contribution in [0.2, 0.25) is 0 Å². The Kier molecular flexibility index (Phi) is 5.39. The summed E-state index contributed by atoms with van der Waals surface area (Å²) in [5.41, 5.74) is 0. The lowest BCUT2D eigenvalue weighted by atomic mass is 10.3. The van der Waals surface area contributed by atoms with E-state index in [1.165, 1.54) is 4.90 Å². The second-order valence-corrected chi connectivity index (χ2v) is 4.27. The molecule has 0 spiro atoms. The number of carbonyl (C=O) groups is 2. The maximum absolute atomic E-state index is 11.9. The van der Waals surface area contributed by atoms with Gasteiger partial charge in [0.05, 0.1) is 19.0 Å². The van der Waals surface area contributed by atoms with E-state index in [1.807, 2.05) is 6.07 Å². The molecule has 0 unspecified atom stereocenters. The molecule has 1 saturated heterocycles. The van der Waals surface area contributed by atoms with E-state index in [9.17, 15) is 9.59 Å². The highest BCUT2D eigenvalue weighted by molar-refractivity contribution is 5.74. The van der Waals surface area contributed by atoms with Crippen molar-refractivity contribution >= 4 is 12.0 Å². The van der Waals surface area contributed by atoms with Gasteiger partial charge in [-0.3, -0.25) is 9.69 Å². The summed E-state index contributed by atoms with van der Waals surface area (Å²) in [6, 6.07) is 1.90. The van der Waals surface area contributed by atoms with Gasteiger partial charge in [-0.1, -0.05) is 0 Å². The number of nitrogens with zero attached hydrogens (tertiary/aromatic N) is 4. The van der Waals surface area contributed by atoms with Crippen LogP contribution in [0.15, 0.2) is 0 Å². The molecular weight excluding hydrogens is 236 g/mol. The van der Waals surface area contributed by atoms with Crippen LogP contribution >= 0.6 is 0 Å². The average Bonchev–Trinajstić information content (AvgIpc) is 2.35. The normalized spacial score (nSPS) is 16.1. The van der Waals surface area contributed by atoms with Crippen molar-refractivity contribution in [3.63, 3.8) is 0 Å². The van der Waals surface area contributed by atoms with Gasteiger partial charge in [0.2, 0.25) is 0 Å². The van der Waals surface area contributed by atoms with Crippen LogP contribution in [0.25, 0.3) is 0 Å². The van der Waals surface area contributed by atoms with E-state index >= 15 is 0 Å². The summed E-state index contributed by atoms with van der Waals surface area (Å²) in [7, 11) is 1.67. The highest BCUT2D eigenvalue weighted by Gasteiger charge is 2.24. The van der Waals surface area contributed by atoms with Crippen LogP contribution in [0.1, 0.15) is 6.42 Å². The first kappa shape index (κ1) is 14.3. The number of urea groups is 1. The van der Waals surface area contributed by atoms with Crippen LogP contribution in [0.5, 0.6) is 0 Å². The molecule has 0 aliphatic carbocycles. The van der Waals surface area contributed by atoms with E-state index in [0.29, 0.717) is 39.1 Å². The first-order valence-electron chi connectivity index (χ1n) is 5.85. The molecule has 0 bridgehead atoms. The summed E-state index contributed by atoms with van der Waals surface area (Å²) in [6.45, 7) is 2.65. The van der Waals surface area contributed by atoms with Gasteiger partial charge in [0.1, 0.15) is 0 Å². The third-order valence-electron chi connectivity index (χ3n) is 2.89. The molecule has 0 radical (unpaired) electrons. The van der Waals surface area contributed by atoms with E-state index in [4.69, 9.17) is 10.4 Å². The van der Waals surface area contributed by atoms with Gasteiger partial charge >= 0.3 is 12.0 Å². The number of amides is 2. The van der Waals surface area contributed by atoms with Crippen LogP contribution in [0, 0.1) is 11.3 Å². The fourth-order valence-electron chi connectivity index (χ4n) is 1.84. The van der Waals surface area contributed by atoms with Crippen molar-refractivity contribution in [1.29, 1.82) is 5.26 Å². The standard InChI is InChI=1S/C11H18N4O3/c1-13(4-2-3-12)11(18)15-7-5-14(6-8-15)9-10(16)17/h2,4-9H2,1H3,(H,16,17). The molecule has 0 aromatic heterocycles. The number of nitriles is 1. The third-order valence-corrected chi connectivity index (χ3v) is 2.89. The Morgan fingerprint density at radius 3 is 2.44 bits per heavy atom. The molecule has 1 aliphatic rings. The van der Waals surface area contributed by atoms with Gasteiger partial charge < -0.3 is 14.9 Å². The molecule has 1 aliphatic heterocycles. The third kappa shape index (κ3) is 4.22. The Hall–Kier alpha value is -1.81. The molecule has 7 nitrogen and oxygen atoms in total. The van der Waals surface area contributed by atoms with E-state index < -0.39 is 5.97 Å². The molecule has 7 heteroatoms. The molecule has 0 aromatic rings. The topological polar surface area (TPSA) is 87.9 Å². The number of carboxylic acid groups (broad SMARTS) is 1. The Morgan fingerprint density at radius 2 is 1.94 bits per heavy atom. The molecule has 18 heavy (non-hydrogen) atoms. The molecule has 1 fully saturated rings. The Balaban J connectivity index is 2.36. The molecule has 2 amide bonds. The monoisotopic (exact) mass is 254 g/mol. The van der Waals surface area contributed by atoms with Crippen molar-refractivity contribution in [2.45, 2.75) is 6.42 Å².